The first kappa shape index (κ1) is 19.4. The molecule has 1 aliphatic rings. The number of hydrogen-bond donors (Lipinski definition) is 2. The van der Waals surface area contributed by atoms with Crippen molar-refractivity contribution in [3.8, 4) is 5.69 Å². The molecule has 0 spiro atoms. The summed E-state index contributed by atoms with van der Waals surface area (Å²) in [5.41, 5.74) is 1.60. The molecule has 27 heavy (non-hydrogen) atoms. The lowest BCUT2D eigenvalue weighted by atomic mass is 9.92. The molecule has 2 N–H and O–H groups in total. The molecular formula is C21H31N5O. The lowest BCUT2D eigenvalue weighted by molar-refractivity contribution is 0.139. The summed E-state index contributed by atoms with van der Waals surface area (Å²) in [6.45, 7) is 8.92. The molecule has 2 amide bonds. The molecule has 1 aromatic heterocycles. The molecule has 6 nitrogen and oxygen atoms in total. The van der Waals surface area contributed by atoms with Crippen molar-refractivity contribution in [3.05, 3.63) is 42.7 Å². The van der Waals surface area contributed by atoms with Gasteiger partial charge in [0.05, 0.1) is 11.4 Å². The van der Waals surface area contributed by atoms with Gasteiger partial charge in [-0.15, -0.1) is 0 Å². The fraction of sp³-hybridized carbons (Fsp3) is 0.524. The number of carbonyl (C=O) groups excluding carboxylic acids is 1. The van der Waals surface area contributed by atoms with Crippen molar-refractivity contribution in [2.45, 2.75) is 33.1 Å². The number of rotatable bonds is 7. The highest BCUT2D eigenvalue weighted by Gasteiger charge is 2.20. The molecule has 0 unspecified atom stereocenters. The van der Waals surface area contributed by atoms with Crippen LogP contribution in [0, 0.1) is 11.8 Å². The number of unbranched alkanes of at least 4 members (excludes halogenated alkanes) is 1. The van der Waals surface area contributed by atoms with Crippen molar-refractivity contribution >= 4 is 11.7 Å². The number of nitrogens with one attached hydrogen (secondary N) is 2. The molecule has 1 aromatic carbocycles. The first-order chi connectivity index (χ1) is 13.1. The Labute approximate surface area is 161 Å². The van der Waals surface area contributed by atoms with Crippen LogP contribution in [0.4, 0.5) is 10.5 Å². The highest BCUT2D eigenvalue weighted by atomic mass is 16.2. The number of piperidine rings is 1. The summed E-state index contributed by atoms with van der Waals surface area (Å²) in [6, 6.07) is 9.35. The van der Waals surface area contributed by atoms with Gasteiger partial charge in [-0.3, -0.25) is 0 Å². The smallest absolute Gasteiger partial charge is 0.319 e. The van der Waals surface area contributed by atoms with Crippen molar-refractivity contribution in [3.63, 3.8) is 0 Å². The predicted octanol–water partition coefficient (Wildman–Crippen LogP) is 3.75. The molecule has 1 fully saturated rings. The van der Waals surface area contributed by atoms with E-state index in [2.05, 4.69) is 34.5 Å². The largest absolute Gasteiger partial charge is 0.338 e. The van der Waals surface area contributed by atoms with Crippen molar-refractivity contribution in [1.82, 2.24) is 20.0 Å². The Morgan fingerprint density at radius 2 is 1.93 bits per heavy atom. The summed E-state index contributed by atoms with van der Waals surface area (Å²) in [4.78, 5) is 14.8. The lowest BCUT2D eigenvalue weighted by Gasteiger charge is -2.34. The summed E-state index contributed by atoms with van der Waals surface area (Å²) < 4.78 is 1.75. The number of hydrogen-bond acceptors (Lipinski definition) is 3. The van der Waals surface area contributed by atoms with Crippen molar-refractivity contribution in [1.29, 1.82) is 0 Å². The normalized spacial score (nSPS) is 20.4. The van der Waals surface area contributed by atoms with Crippen LogP contribution in [0.5, 0.6) is 0 Å². The molecule has 2 heterocycles. The number of likely N-dealkylation sites (tertiary alicyclic amines) is 1. The van der Waals surface area contributed by atoms with Crippen LogP contribution in [0.1, 0.15) is 33.1 Å². The van der Waals surface area contributed by atoms with Gasteiger partial charge in [0.25, 0.3) is 0 Å². The molecule has 0 saturated carbocycles. The van der Waals surface area contributed by atoms with E-state index in [1.165, 1.54) is 19.5 Å². The Morgan fingerprint density at radius 1 is 1.15 bits per heavy atom. The predicted molar refractivity (Wildman–Crippen MR) is 109 cm³/mol. The maximum absolute atomic E-state index is 12.2. The minimum Gasteiger partial charge on any atom is -0.338 e. The molecule has 0 aliphatic carbocycles. The van der Waals surface area contributed by atoms with Crippen LogP contribution < -0.4 is 10.6 Å². The number of nitrogens with zero attached hydrogens (tertiary/aromatic N) is 3. The van der Waals surface area contributed by atoms with Gasteiger partial charge in [-0.05, 0) is 55.8 Å². The second-order valence-electron chi connectivity index (χ2n) is 7.76. The maximum atomic E-state index is 12.2. The first-order valence-corrected chi connectivity index (χ1v) is 9.98. The van der Waals surface area contributed by atoms with E-state index in [-0.39, 0.29) is 6.03 Å². The summed E-state index contributed by atoms with van der Waals surface area (Å²) >= 11 is 0. The van der Waals surface area contributed by atoms with Gasteiger partial charge < -0.3 is 15.5 Å². The Balaban J connectivity index is 1.38. The highest BCUT2D eigenvalue weighted by Crippen LogP contribution is 2.21. The van der Waals surface area contributed by atoms with Crippen molar-refractivity contribution in [2.24, 2.45) is 11.8 Å². The van der Waals surface area contributed by atoms with E-state index in [9.17, 15) is 4.79 Å². The van der Waals surface area contributed by atoms with E-state index >= 15 is 0 Å². The van der Waals surface area contributed by atoms with Gasteiger partial charge in [0.2, 0.25) is 0 Å². The minimum atomic E-state index is -0.171. The van der Waals surface area contributed by atoms with E-state index in [4.69, 9.17) is 0 Å². The van der Waals surface area contributed by atoms with E-state index in [0.29, 0.717) is 6.54 Å². The molecule has 0 radical (unpaired) electrons. The quantitative estimate of drug-likeness (QED) is 0.731. The number of amides is 2. The lowest BCUT2D eigenvalue weighted by Crippen LogP contribution is -2.39. The van der Waals surface area contributed by atoms with Crippen LogP contribution in [-0.4, -0.2) is 46.9 Å². The van der Waals surface area contributed by atoms with Gasteiger partial charge in [0.15, 0.2) is 0 Å². The van der Waals surface area contributed by atoms with Crippen molar-refractivity contribution in [2.75, 3.05) is 31.5 Å². The van der Waals surface area contributed by atoms with Crippen LogP contribution in [0.15, 0.2) is 42.7 Å². The first-order valence-electron chi connectivity index (χ1n) is 9.98. The molecule has 2 aromatic rings. The SMILES string of the molecule is C[C@H]1C[C@H](C)CN(CCCCNC(=O)Nc2ccccc2-n2cccn2)C1. The molecule has 2 atom stereocenters. The number of para-hydroxylation sites is 2. The maximum Gasteiger partial charge on any atom is 0.319 e. The van der Waals surface area contributed by atoms with Gasteiger partial charge in [0.1, 0.15) is 0 Å². The Morgan fingerprint density at radius 3 is 2.67 bits per heavy atom. The third-order valence-electron chi connectivity index (χ3n) is 5.03. The van der Waals surface area contributed by atoms with Gasteiger partial charge in [-0.2, -0.15) is 5.10 Å². The summed E-state index contributed by atoms with van der Waals surface area (Å²) in [6.07, 6.45) is 7.04. The summed E-state index contributed by atoms with van der Waals surface area (Å²) in [5.74, 6) is 1.60. The van der Waals surface area contributed by atoms with Crippen LogP contribution in [0.25, 0.3) is 5.69 Å². The highest BCUT2D eigenvalue weighted by molar-refractivity contribution is 5.91. The monoisotopic (exact) mass is 369 g/mol. The average Bonchev–Trinajstić information content (AvgIpc) is 3.15. The molecular weight excluding hydrogens is 338 g/mol. The standard InChI is InChI=1S/C21H31N5O/c1-17-14-18(2)16-25(15-17)12-6-5-10-22-21(27)24-19-8-3-4-9-20(19)26-13-7-11-23-26/h3-4,7-9,11,13,17-18H,5-6,10,12,14-16H2,1-2H3,(H2,22,24,27)/t17-,18-/m0/s1. The fourth-order valence-corrected chi connectivity index (χ4v) is 3.99. The molecule has 1 saturated heterocycles. The number of aromatic nitrogens is 2. The van der Waals surface area contributed by atoms with E-state index in [1.807, 2.05) is 36.5 Å². The topological polar surface area (TPSA) is 62.2 Å². The van der Waals surface area contributed by atoms with Gasteiger partial charge in [0, 0.05) is 32.0 Å². The molecule has 146 valence electrons. The average molecular weight is 370 g/mol. The van der Waals surface area contributed by atoms with Gasteiger partial charge in [-0.25, -0.2) is 9.48 Å². The Bertz CT molecular complexity index is 705. The van der Waals surface area contributed by atoms with Crippen LogP contribution in [0.3, 0.4) is 0 Å². The molecule has 3 rings (SSSR count). The second kappa shape index (κ2) is 9.55. The van der Waals surface area contributed by atoms with Crippen molar-refractivity contribution < 1.29 is 4.79 Å². The Kier molecular flexibility index (Phi) is 6.87. The zero-order valence-corrected chi connectivity index (χ0v) is 16.4. The number of urea groups is 1. The number of anilines is 1. The third-order valence-corrected chi connectivity index (χ3v) is 5.03. The van der Waals surface area contributed by atoms with Crippen LogP contribution >= 0.6 is 0 Å². The second-order valence-corrected chi connectivity index (χ2v) is 7.76. The van der Waals surface area contributed by atoms with Gasteiger partial charge in [-0.1, -0.05) is 26.0 Å². The van der Waals surface area contributed by atoms with E-state index < -0.39 is 0 Å². The minimum absolute atomic E-state index is 0.171. The summed E-state index contributed by atoms with van der Waals surface area (Å²) in [7, 11) is 0. The van der Waals surface area contributed by atoms with E-state index in [0.717, 1.165) is 42.6 Å². The fourth-order valence-electron chi connectivity index (χ4n) is 3.99. The zero-order valence-electron chi connectivity index (χ0n) is 16.4. The number of benzene rings is 1. The van der Waals surface area contributed by atoms with E-state index in [1.54, 1.807) is 10.9 Å². The third kappa shape index (κ3) is 5.82. The zero-order chi connectivity index (χ0) is 19.1. The summed E-state index contributed by atoms with van der Waals surface area (Å²) in [5, 5.41) is 10.1. The molecule has 1 aliphatic heterocycles. The van der Waals surface area contributed by atoms with Crippen LogP contribution in [0.2, 0.25) is 0 Å². The van der Waals surface area contributed by atoms with Crippen LogP contribution in [-0.2, 0) is 0 Å². The number of carbonyl (C=O) groups is 1. The molecule has 6 heteroatoms. The van der Waals surface area contributed by atoms with Gasteiger partial charge >= 0.3 is 6.03 Å². The Hall–Kier alpha value is -2.34. The molecule has 0 bridgehead atoms.